The molecule has 2 N–H and O–H groups in total. The number of nitrogens with one attached hydrogen (secondary N) is 2. The van der Waals surface area contributed by atoms with E-state index < -0.39 is 0 Å². The van der Waals surface area contributed by atoms with Crippen LogP contribution in [0.15, 0.2) is 30.6 Å². The van der Waals surface area contributed by atoms with Gasteiger partial charge in [-0.05, 0) is 25.5 Å². The van der Waals surface area contributed by atoms with Crippen molar-refractivity contribution in [3.8, 4) is 0 Å². The van der Waals surface area contributed by atoms with Crippen molar-refractivity contribution >= 4 is 5.91 Å². The van der Waals surface area contributed by atoms with Gasteiger partial charge in [0.25, 0.3) is 5.91 Å². The number of hydrogen-bond acceptors (Lipinski definition) is 3. The SMILES string of the molecule is Cc1cccc(C(=O)NCCCc2ncn[nH]2)c1. The van der Waals surface area contributed by atoms with Crippen molar-refractivity contribution in [3.63, 3.8) is 0 Å². The number of carbonyl (C=O) groups is 1. The Morgan fingerprint density at radius 1 is 1.44 bits per heavy atom. The minimum atomic E-state index is -0.0312. The molecule has 0 unspecified atom stereocenters. The van der Waals surface area contributed by atoms with Crippen LogP contribution in [0, 0.1) is 6.92 Å². The van der Waals surface area contributed by atoms with Crippen LogP contribution in [0.5, 0.6) is 0 Å². The summed E-state index contributed by atoms with van der Waals surface area (Å²) in [6, 6.07) is 7.56. The van der Waals surface area contributed by atoms with Crippen LogP contribution >= 0.6 is 0 Å². The molecule has 1 aromatic carbocycles. The van der Waals surface area contributed by atoms with E-state index in [1.54, 1.807) is 0 Å². The molecule has 18 heavy (non-hydrogen) atoms. The number of aromatic nitrogens is 3. The highest BCUT2D eigenvalue weighted by atomic mass is 16.1. The van der Waals surface area contributed by atoms with Gasteiger partial charge < -0.3 is 5.32 Å². The van der Waals surface area contributed by atoms with Crippen LogP contribution in [0.3, 0.4) is 0 Å². The summed E-state index contributed by atoms with van der Waals surface area (Å²) in [7, 11) is 0. The van der Waals surface area contributed by atoms with Gasteiger partial charge in [0, 0.05) is 18.5 Å². The predicted octanol–water partition coefficient (Wildman–Crippen LogP) is 1.48. The lowest BCUT2D eigenvalue weighted by Crippen LogP contribution is -2.24. The van der Waals surface area contributed by atoms with E-state index in [0.717, 1.165) is 24.2 Å². The number of hydrogen-bond donors (Lipinski definition) is 2. The molecule has 0 fully saturated rings. The van der Waals surface area contributed by atoms with E-state index in [-0.39, 0.29) is 5.91 Å². The predicted molar refractivity (Wildman–Crippen MR) is 68.2 cm³/mol. The molecule has 0 bridgehead atoms. The molecular weight excluding hydrogens is 228 g/mol. The van der Waals surface area contributed by atoms with Crippen LogP contribution < -0.4 is 5.32 Å². The molecular formula is C13H16N4O. The number of benzene rings is 1. The highest BCUT2D eigenvalue weighted by Crippen LogP contribution is 2.03. The fraction of sp³-hybridized carbons (Fsp3) is 0.308. The van der Waals surface area contributed by atoms with E-state index in [4.69, 9.17) is 0 Å². The average Bonchev–Trinajstić information content (AvgIpc) is 2.87. The fourth-order valence-electron chi connectivity index (χ4n) is 1.70. The maximum absolute atomic E-state index is 11.8. The zero-order valence-electron chi connectivity index (χ0n) is 10.3. The van der Waals surface area contributed by atoms with Gasteiger partial charge in [0.05, 0.1) is 0 Å². The first kappa shape index (κ1) is 12.3. The summed E-state index contributed by atoms with van der Waals surface area (Å²) < 4.78 is 0. The van der Waals surface area contributed by atoms with Crippen molar-refractivity contribution in [2.45, 2.75) is 19.8 Å². The summed E-state index contributed by atoms with van der Waals surface area (Å²) in [5, 5.41) is 9.45. The van der Waals surface area contributed by atoms with Crippen molar-refractivity contribution in [1.29, 1.82) is 0 Å². The Kier molecular flexibility index (Phi) is 4.06. The first-order chi connectivity index (χ1) is 8.75. The molecule has 94 valence electrons. The maximum atomic E-state index is 11.8. The van der Waals surface area contributed by atoms with Crippen molar-refractivity contribution in [2.75, 3.05) is 6.54 Å². The number of H-pyrrole nitrogens is 1. The van der Waals surface area contributed by atoms with Crippen LogP contribution in [0.4, 0.5) is 0 Å². The van der Waals surface area contributed by atoms with E-state index in [0.29, 0.717) is 12.1 Å². The van der Waals surface area contributed by atoms with Crippen molar-refractivity contribution < 1.29 is 4.79 Å². The van der Waals surface area contributed by atoms with E-state index in [9.17, 15) is 4.79 Å². The Labute approximate surface area is 106 Å². The highest BCUT2D eigenvalue weighted by molar-refractivity contribution is 5.94. The smallest absolute Gasteiger partial charge is 0.251 e. The molecule has 0 saturated carbocycles. The van der Waals surface area contributed by atoms with E-state index in [1.807, 2.05) is 31.2 Å². The second kappa shape index (κ2) is 5.95. The molecule has 0 spiro atoms. The molecule has 1 heterocycles. The highest BCUT2D eigenvalue weighted by Gasteiger charge is 2.04. The fourth-order valence-corrected chi connectivity index (χ4v) is 1.70. The third kappa shape index (κ3) is 3.41. The van der Waals surface area contributed by atoms with Crippen LogP contribution in [0.1, 0.15) is 28.2 Å². The van der Waals surface area contributed by atoms with Gasteiger partial charge in [-0.25, -0.2) is 4.98 Å². The number of aryl methyl sites for hydroxylation is 2. The normalized spacial score (nSPS) is 10.3. The molecule has 0 aliphatic heterocycles. The topological polar surface area (TPSA) is 70.7 Å². The Balaban J connectivity index is 1.75. The second-order valence-corrected chi connectivity index (χ2v) is 4.16. The summed E-state index contributed by atoms with van der Waals surface area (Å²) in [4.78, 5) is 15.8. The van der Waals surface area contributed by atoms with Crippen molar-refractivity contribution in [2.24, 2.45) is 0 Å². The van der Waals surface area contributed by atoms with E-state index in [1.165, 1.54) is 6.33 Å². The van der Waals surface area contributed by atoms with Gasteiger partial charge in [-0.3, -0.25) is 9.89 Å². The Bertz CT molecular complexity index is 507. The molecule has 2 aromatic rings. The third-order valence-corrected chi connectivity index (χ3v) is 2.62. The largest absolute Gasteiger partial charge is 0.352 e. The maximum Gasteiger partial charge on any atom is 0.251 e. The number of aromatic amines is 1. The van der Waals surface area contributed by atoms with Crippen LogP contribution in [-0.2, 0) is 6.42 Å². The lowest BCUT2D eigenvalue weighted by Gasteiger charge is -2.05. The number of carbonyl (C=O) groups excluding carboxylic acids is 1. The lowest BCUT2D eigenvalue weighted by atomic mass is 10.1. The quantitative estimate of drug-likeness (QED) is 0.782. The minimum absolute atomic E-state index is 0.0312. The van der Waals surface area contributed by atoms with Gasteiger partial charge in [-0.15, -0.1) is 0 Å². The Morgan fingerprint density at radius 3 is 3.06 bits per heavy atom. The molecule has 2 rings (SSSR count). The Hall–Kier alpha value is -2.17. The van der Waals surface area contributed by atoms with Crippen LogP contribution in [-0.4, -0.2) is 27.6 Å². The van der Waals surface area contributed by atoms with E-state index >= 15 is 0 Å². The minimum Gasteiger partial charge on any atom is -0.352 e. The molecule has 5 heteroatoms. The average molecular weight is 244 g/mol. The molecule has 0 aliphatic carbocycles. The van der Waals surface area contributed by atoms with E-state index in [2.05, 4.69) is 20.5 Å². The lowest BCUT2D eigenvalue weighted by molar-refractivity contribution is 0.0953. The zero-order chi connectivity index (χ0) is 12.8. The zero-order valence-corrected chi connectivity index (χ0v) is 10.3. The third-order valence-electron chi connectivity index (χ3n) is 2.62. The standard InChI is InChI=1S/C13H16N4O/c1-10-4-2-5-11(8-10)13(18)14-7-3-6-12-15-9-16-17-12/h2,4-5,8-9H,3,6-7H2,1H3,(H,14,18)(H,15,16,17). The molecule has 5 nitrogen and oxygen atoms in total. The summed E-state index contributed by atoms with van der Waals surface area (Å²) in [5.74, 6) is 0.816. The van der Waals surface area contributed by atoms with Crippen LogP contribution in [0.2, 0.25) is 0 Å². The second-order valence-electron chi connectivity index (χ2n) is 4.16. The monoisotopic (exact) mass is 244 g/mol. The van der Waals surface area contributed by atoms with Gasteiger partial charge >= 0.3 is 0 Å². The molecule has 0 radical (unpaired) electrons. The van der Waals surface area contributed by atoms with Gasteiger partial charge in [-0.2, -0.15) is 5.10 Å². The summed E-state index contributed by atoms with van der Waals surface area (Å²) in [5.41, 5.74) is 1.79. The molecule has 0 aliphatic rings. The first-order valence-corrected chi connectivity index (χ1v) is 5.95. The van der Waals surface area contributed by atoms with Crippen LogP contribution in [0.25, 0.3) is 0 Å². The van der Waals surface area contributed by atoms with Gasteiger partial charge in [0.2, 0.25) is 0 Å². The summed E-state index contributed by atoms with van der Waals surface area (Å²) in [6.07, 6.45) is 3.11. The van der Waals surface area contributed by atoms with Gasteiger partial charge in [-0.1, -0.05) is 17.7 Å². The molecule has 1 aromatic heterocycles. The molecule has 0 atom stereocenters. The van der Waals surface area contributed by atoms with Gasteiger partial charge in [0.1, 0.15) is 12.2 Å². The first-order valence-electron chi connectivity index (χ1n) is 5.95. The molecule has 1 amide bonds. The number of amides is 1. The Morgan fingerprint density at radius 2 is 2.33 bits per heavy atom. The number of nitrogens with zero attached hydrogens (tertiary/aromatic N) is 2. The summed E-state index contributed by atoms with van der Waals surface area (Å²) in [6.45, 7) is 2.61. The van der Waals surface area contributed by atoms with Crippen molar-refractivity contribution in [3.05, 3.63) is 47.5 Å². The molecule has 0 saturated heterocycles. The summed E-state index contributed by atoms with van der Waals surface area (Å²) >= 11 is 0. The van der Waals surface area contributed by atoms with Gasteiger partial charge in [0.15, 0.2) is 0 Å². The number of rotatable bonds is 5. The van der Waals surface area contributed by atoms with Crippen molar-refractivity contribution in [1.82, 2.24) is 20.5 Å².